The summed E-state index contributed by atoms with van der Waals surface area (Å²) in [7, 11) is 1.51. The molecule has 0 radical (unpaired) electrons. The lowest BCUT2D eigenvalue weighted by Gasteiger charge is -2.30. The van der Waals surface area contributed by atoms with Crippen LogP contribution in [-0.4, -0.2) is 64.6 Å². The summed E-state index contributed by atoms with van der Waals surface area (Å²) >= 11 is 0. The van der Waals surface area contributed by atoms with E-state index in [4.69, 9.17) is 15.5 Å². The number of imide groups is 1. The zero-order chi connectivity index (χ0) is 24.4. The van der Waals surface area contributed by atoms with E-state index in [2.05, 4.69) is 0 Å². The predicted molar refractivity (Wildman–Crippen MR) is 127 cm³/mol. The van der Waals surface area contributed by atoms with Crippen molar-refractivity contribution in [1.29, 1.82) is 0 Å². The van der Waals surface area contributed by atoms with Gasteiger partial charge in [0, 0.05) is 31.5 Å². The number of likely N-dealkylation sites (N-methyl/N-ethyl adjacent to an activating group) is 1. The highest BCUT2D eigenvalue weighted by atomic mass is 16.5. The lowest BCUT2D eigenvalue weighted by Crippen LogP contribution is -2.44. The predicted octanol–water partition coefficient (Wildman–Crippen LogP) is 2.21. The Morgan fingerprint density at radius 3 is 2.68 bits per heavy atom. The van der Waals surface area contributed by atoms with E-state index in [1.165, 1.54) is 11.9 Å². The van der Waals surface area contributed by atoms with Gasteiger partial charge in [-0.2, -0.15) is 0 Å². The first kappa shape index (κ1) is 22.2. The van der Waals surface area contributed by atoms with Crippen LogP contribution < -0.4 is 20.3 Å². The van der Waals surface area contributed by atoms with Crippen LogP contribution in [0.3, 0.4) is 0 Å². The van der Waals surface area contributed by atoms with Crippen molar-refractivity contribution in [3.63, 3.8) is 0 Å². The van der Waals surface area contributed by atoms with Gasteiger partial charge in [0.25, 0.3) is 5.91 Å². The number of hydrogen-bond acceptors (Lipinski definition) is 6. The van der Waals surface area contributed by atoms with Crippen LogP contribution in [0.25, 0.3) is 11.4 Å². The molecule has 3 aliphatic rings. The third-order valence-electron chi connectivity index (χ3n) is 6.86. The molecule has 0 aliphatic carbocycles. The van der Waals surface area contributed by atoms with Crippen LogP contribution in [-0.2, 0) is 16.1 Å². The van der Waals surface area contributed by atoms with Crippen LogP contribution in [0.1, 0.15) is 33.6 Å². The zero-order valence-corrected chi connectivity index (χ0v) is 19.9. The van der Waals surface area contributed by atoms with E-state index in [9.17, 15) is 14.4 Å². The Balaban J connectivity index is 1.54. The van der Waals surface area contributed by atoms with Gasteiger partial charge >= 0.3 is 6.03 Å². The average molecular weight is 467 g/mol. The molecule has 2 atom stereocenters. The zero-order valence-electron chi connectivity index (χ0n) is 19.9. The summed E-state index contributed by atoms with van der Waals surface area (Å²) in [6, 6.07) is 4.47. The van der Waals surface area contributed by atoms with Gasteiger partial charge in [-0.1, -0.05) is 20.8 Å². The SMILES string of the molecule is CN1C(=O)C(C(C)(C)C)N(c2cn3c(n2)-c2ccc(N4CCC[C@H]4C(N)=O)cc2OCC3)C1=O. The number of imidazole rings is 1. The number of primary amides is 1. The monoisotopic (exact) mass is 466 g/mol. The number of aromatic nitrogens is 2. The summed E-state index contributed by atoms with van der Waals surface area (Å²) in [5.74, 6) is 1.23. The van der Waals surface area contributed by atoms with Gasteiger partial charge in [-0.3, -0.25) is 19.4 Å². The molecule has 0 bridgehead atoms. The van der Waals surface area contributed by atoms with Crippen LogP contribution >= 0.6 is 0 Å². The van der Waals surface area contributed by atoms with Gasteiger partial charge < -0.3 is 19.9 Å². The number of nitrogens with two attached hydrogens (primary N) is 1. The number of urea groups is 1. The number of hydrogen-bond donors (Lipinski definition) is 1. The Morgan fingerprint density at radius 1 is 1.21 bits per heavy atom. The van der Waals surface area contributed by atoms with Crippen molar-refractivity contribution in [3.8, 4) is 17.1 Å². The molecule has 1 unspecified atom stereocenters. The second-order valence-electron chi connectivity index (χ2n) is 10.2. The van der Waals surface area contributed by atoms with Crippen molar-refractivity contribution in [2.75, 3.05) is 30.0 Å². The molecule has 2 aromatic rings. The smallest absolute Gasteiger partial charge is 0.332 e. The molecule has 10 heteroatoms. The van der Waals surface area contributed by atoms with Crippen molar-refractivity contribution in [3.05, 3.63) is 24.4 Å². The van der Waals surface area contributed by atoms with Gasteiger partial charge in [0.15, 0.2) is 5.82 Å². The molecule has 34 heavy (non-hydrogen) atoms. The number of carbonyl (C=O) groups is 3. The first-order valence-electron chi connectivity index (χ1n) is 11.6. The van der Waals surface area contributed by atoms with Crippen molar-refractivity contribution < 1.29 is 19.1 Å². The summed E-state index contributed by atoms with van der Waals surface area (Å²) in [5.41, 5.74) is 6.82. The standard InChI is InChI=1S/C24H30N6O4/c1-24(2,3)19-22(32)27(4)23(33)30(19)18-13-28-10-11-34-17-12-14(7-8-15(17)21(28)26-18)29-9-5-6-16(29)20(25)31/h7-8,12-13,16,19H,5-6,9-11H2,1-4H3,(H2,25,31)/t16-,19?/m0/s1. The summed E-state index contributed by atoms with van der Waals surface area (Å²) in [6.07, 6.45) is 3.46. The van der Waals surface area contributed by atoms with Gasteiger partial charge in [-0.15, -0.1) is 0 Å². The highest BCUT2D eigenvalue weighted by molar-refractivity contribution is 6.14. The van der Waals surface area contributed by atoms with Gasteiger partial charge in [-0.05, 0) is 30.4 Å². The van der Waals surface area contributed by atoms with Gasteiger partial charge in [-0.25, -0.2) is 9.78 Å². The summed E-state index contributed by atoms with van der Waals surface area (Å²) < 4.78 is 7.99. The summed E-state index contributed by atoms with van der Waals surface area (Å²) in [5, 5.41) is 0. The average Bonchev–Trinajstić information content (AvgIpc) is 3.44. The quantitative estimate of drug-likeness (QED) is 0.694. The maximum absolute atomic E-state index is 13.0. The number of carbonyl (C=O) groups excluding carboxylic acids is 3. The Kier molecular flexibility index (Phi) is 5.07. The van der Waals surface area contributed by atoms with E-state index in [0.29, 0.717) is 30.5 Å². The fraction of sp³-hybridized carbons (Fsp3) is 0.500. The van der Waals surface area contributed by atoms with Crippen molar-refractivity contribution in [1.82, 2.24) is 14.5 Å². The minimum absolute atomic E-state index is 0.233. The minimum Gasteiger partial charge on any atom is -0.491 e. The molecule has 1 aromatic carbocycles. The van der Waals surface area contributed by atoms with Crippen LogP contribution in [0, 0.1) is 5.41 Å². The topological polar surface area (TPSA) is 114 Å². The van der Waals surface area contributed by atoms with E-state index in [1.807, 2.05) is 54.6 Å². The van der Waals surface area contributed by atoms with Crippen LogP contribution in [0.2, 0.25) is 0 Å². The number of rotatable bonds is 3. The molecule has 3 aliphatic heterocycles. The van der Waals surface area contributed by atoms with Crippen LogP contribution in [0.15, 0.2) is 24.4 Å². The highest BCUT2D eigenvalue weighted by Crippen LogP contribution is 2.40. The lowest BCUT2D eigenvalue weighted by molar-refractivity contribution is -0.128. The molecule has 180 valence electrons. The van der Waals surface area contributed by atoms with E-state index in [-0.39, 0.29) is 23.9 Å². The molecular formula is C24H30N6O4. The molecular weight excluding hydrogens is 436 g/mol. The Hall–Kier alpha value is -3.56. The second kappa shape index (κ2) is 7.75. The second-order valence-corrected chi connectivity index (χ2v) is 10.2. The van der Waals surface area contributed by atoms with E-state index in [0.717, 1.165) is 35.5 Å². The fourth-order valence-electron chi connectivity index (χ4n) is 5.17. The molecule has 5 rings (SSSR count). The van der Waals surface area contributed by atoms with Gasteiger partial charge in [0.1, 0.15) is 30.3 Å². The summed E-state index contributed by atoms with van der Waals surface area (Å²) in [4.78, 5) is 47.2. The number of fused-ring (bicyclic) bond motifs is 3. The number of benzene rings is 1. The molecule has 4 amide bonds. The normalized spacial score (nSPS) is 22.5. The minimum atomic E-state index is -0.636. The number of amides is 4. The molecule has 1 aromatic heterocycles. The number of ether oxygens (including phenoxy) is 1. The molecule has 2 N–H and O–H groups in total. The first-order chi connectivity index (χ1) is 16.1. The Labute approximate surface area is 198 Å². The Morgan fingerprint density at radius 2 is 1.97 bits per heavy atom. The maximum Gasteiger partial charge on any atom is 0.332 e. The summed E-state index contributed by atoms with van der Waals surface area (Å²) in [6.45, 7) is 7.56. The van der Waals surface area contributed by atoms with Crippen molar-refractivity contribution in [2.24, 2.45) is 11.1 Å². The number of nitrogens with zero attached hydrogens (tertiary/aromatic N) is 5. The van der Waals surface area contributed by atoms with Gasteiger partial charge in [0.2, 0.25) is 5.91 Å². The van der Waals surface area contributed by atoms with Crippen LogP contribution in [0.5, 0.6) is 5.75 Å². The van der Waals surface area contributed by atoms with Crippen LogP contribution in [0.4, 0.5) is 16.3 Å². The fourth-order valence-corrected chi connectivity index (χ4v) is 5.17. The van der Waals surface area contributed by atoms with E-state index in [1.54, 1.807) is 0 Å². The maximum atomic E-state index is 13.0. The Bertz CT molecular complexity index is 1180. The molecule has 2 fully saturated rings. The third-order valence-corrected chi connectivity index (χ3v) is 6.86. The largest absolute Gasteiger partial charge is 0.491 e. The lowest BCUT2D eigenvalue weighted by atomic mass is 9.86. The third kappa shape index (κ3) is 3.39. The molecule has 2 saturated heterocycles. The molecule has 10 nitrogen and oxygen atoms in total. The molecule has 0 spiro atoms. The van der Waals surface area contributed by atoms with Crippen molar-refractivity contribution >= 4 is 29.4 Å². The number of anilines is 2. The van der Waals surface area contributed by atoms with E-state index < -0.39 is 11.5 Å². The van der Waals surface area contributed by atoms with E-state index >= 15 is 0 Å². The van der Waals surface area contributed by atoms with Crippen molar-refractivity contribution in [2.45, 2.75) is 52.2 Å². The first-order valence-corrected chi connectivity index (χ1v) is 11.6. The molecule has 0 saturated carbocycles. The highest BCUT2D eigenvalue weighted by Gasteiger charge is 2.50. The molecule has 4 heterocycles. The van der Waals surface area contributed by atoms with Gasteiger partial charge in [0.05, 0.1) is 12.1 Å².